The van der Waals surface area contributed by atoms with Gasteiger partial charge in [-0.25, -0.2) is 0 Å². The largest absolute Gasteiger partial charge is 0.335 e. The molecule has 0 atom stereocenters. The average Bonchev–Trinajstić information content (AvgIpc) is 3.51. The molecule has 1 aliphatic heterocycles. The maximum absolute atomic E-state index is 5.12. The first kappa shape index (κ1) is 24.2. The third-order valence-corrected chi connectivity index (χ3v) is 9.50. The second-order valence-electron chi connectivity index (χ2n) is 10.9. The smallest absolute Gasteiger partial charge is 0.0945 e. The van der Waals surface area contributed by atoms with Crippen molar-refractivity contribution in [1.29, 1.82) is 0 Å². The van der Waals surface area contributed by atoms with Crippen molar-refractivity contribution in [2.45, 2.75) is 0 Å². The summed E-state index contributed by atoms with van der Waals surface area (Å²) in [5.74, 6) is 0. The molecule has 5 heteroatoms. The number of rotatable bonds is 3. The fraction of sp³-hybridized carbons (Fsp3) is 0.0263. The number of nitrogens with zero attached hydrogens (tertiary/aromatic N) is 4. The van der Waals surface area contributed by atoms with Gasteiger partial charge < -0.3 is 4.90 Å². The molecule has 0 radical (unpaired) electrons. The van der Waals surface area contributed by atoms with Crippen molar-refractivity contribution in [2.75, 3.05) is 11.4 Å². The minimum Gasteiger partial charge on any atom is -0.335 e. The molecule has 9 rings (SSSR count). The monoisotopic (exact) mass is 568 g/mol. The van der Waals surface area contributed by atoms with Gasteiger partial charge in [0.2, 0.25) is 0 Å². The average molecular weight is 569 g/mol. The Hall–Kier alpha value is -5.39. The predicted octanol–water partition coefficient (Wildman–Crippen LogP) is 10.0. The van der Waals surface area contributed by atoms with Gasteiger partial charge in [0, 0.05) is 57.1 Å². The van der Waals surface area contributed by atoms with Crippen LogP contribution in [0.3, 0.4) is 0 Å². The maximum atomic E-state index is 5.12. The number of thiophene rings is 1. The van der Waals surface area contributed by atoms with Gasteiger partial charge in [-0.15, -0.1) is 11.3 Å². The molecule has 0 spiro atoms. The predicted molar refractivity (Wildman–Crippen MR) is 181 cm³/mol. The first-order valence-electron chi connectivity index (χ1n) is 14.4. The minimum atomic E-state index is 0.761. The van der Waals surface area contributed by atoms with Gasteiger partial charge in [0.15, 0.2) is 0 Å². The van der Waals surface area contributed by atoms with Crippen LogP contribution in [0.4, 0.5) is 11.4 Å². The summed E-state index contributed by atoms with van der Waals surface area (Å²) in [7, 11) is 0. The highest BCUT2D eigenvalue weighted by Crippen LogP contribution is 2.43. The summed E-state index contributed by atoms with van der Waals surface area (Å²) >= 11 is 1.78. The van der Waals surface area contributed by atoms with Crippen LogP contribution in [0, 0.1) is 0 Å². The molecule has 4 aromatic heterocycles. The Bertz CT molecular complexity index is 2390. The summed E-state index contributed by atoms with van der Waals surface area (Å²) in [6, 6.07) is 36.7. The van der Waals surface area contributed by atoms with Crippen molar-refractivity contribution in [1.82, 2.24) is 15.0 Å². The second-order valence-corrected chi connectivity index (χ2v) is 12.0. The van der Waals surface area contributed by atoms with Crippen molar-refractivity contribution in [2.24, 2.45) is 0 Å². The highest BCUT2D eigenvalue weighted by molar-refractivity contribution is 7.22. The van der Waals surface area contributed by atoms with E-state index in [0.29, 0.717) is 0 Å². The summed E-state index contributed by atoms with van der Waals surface area (Å²) < 4.78 is 1.25. The molecule has 4 nitrogen and oxygen atoms in total. The van der Waals surface area contributed by atoms with E-state index in [2.05, 4.69) is 107 Å². The molecule has 0 bridgehead atoms. The summed E-state index contributed by atoms with van der Waals surface area (Å²) in [6.07, 6.45) is 10.2. The Morgan fingerprint density at radius 2 is 1.53 bits per heavy atom. The molecule has 5 heterocycles. The zero-order valence-corrected chi connectivity index (χ0v) is 23.9. The topological polar surface area (TPSA) is 41.9 Å². The molecule has 1 aliphatic rings. The molecule has 0 fully saturated rings. The van der Waals surface area contributed by atoms with Crippen LogP contribution in [0.2, 0.25) is 0 Å². The SMILES string of the molecule is C1=Cc2ccc3cccnc3c2N(c2cc3ccccc3c3ncc(-c4ccc5sc(-c6ccccn6)cc5c4)cc23)C1. The molecular weight excluding hydrogens is 545 g/mol. The van der Waals surface area contributed by atoms with E-state index in [1.807, 2.05) is 36.8 Å². The third kappa shape index (κ3) is 3.93. The van der Waals surface area contributed by atoms with Crippen LogP contribution in [0.1, 0.15) is 5.56 Å². The van der Waals surface area contributed by atoms with E-state index in [4.69, 9.17) is 9.97 Å². The summed E-state index contributed by atoms with van der Waals surface area (Å²) in [4.78, 5) is 18.1. The summed E-state index contributed by atoms with van der Waals surface area (Å²) in [5, 5.41) is 5.82. The molecule has 43 heavy (non-hydrogen) atoms. The zero-order chi connectivity index (χ0) is 28.3. The van der Waals surface area contributed by atoms with Crippen molar-refractivity contribution >= 4 is 71.5 Å². The number of hydrogen-bond donors (Lipinski definition) is 0. The molecule has 0 saturated heterocycles. The van der Waals surface area contributed by atoms with Crippen LogP contribution >= 0.6 is 11.3 Å². The van der Waals surface area contributed by atoms with Crippen molar-refractivity contribution in [3.63, 3.8) is 0 Å². The van der Waals surface area contributed by atoms with E-state index in [1.165, 1.54) is 25.9 Å². The maximum Gasteiger partial charge on any atom is 0.0945 e. The van der Waals surface area contributed by atoms with E-state index in [1.54, 1.807) is 11.3 Å². The van der Waals surface area contributed by atoms with Crippen LogP contribution < -0.4 is 4.90 Å². The van der Waals surface area contributed by atoms with E-state index in [0.717, 1.165) is 61.9 Å². The fourth-order valence-corrected chi connectivity index (χ4v) is 7.36. The Morgan fingerprint density at radius 1 is 0.628 bits per heavy atom. The Morgan fingerprint density at radius 3 is 2.49 bits per heavy atom. The molecular formula is C38H24N4S. The number of aromatic nitrogens is 3. The van der Waals surface area contributed by atoms with Crippen molar-refractivity contribution in [3.05, 3.63) is 133 Å². The van der Waals surface area contributed by atoms with Gasteiger partial charge in [0.25, 0.3) is 0 Å². The highest BCUT2D eigenvalue weighted by atomic mass is 32.1. The van der Waals surface area contributed by atoms with Gasteiger partial charge in [-0.2, -0.15) is 0 Å². The van der Waals surface area contributed by atoms with E-state index in [-0.39, 0.29) is 0 Å². The van der Waals surface area contributed by atoms with Gasteiger partial charge in [-0.05, 0) is 64.9 Å². The lowest BCUT2D eigenvalue weighted by Crippen LogP contribution is -2.21. The van der Waals surface area contributed by atoms with Gasteiger partial charge >= 0.3 is 0 Å². The first-order valence-corrected chi connectivity index (χ1v) is 15.2. The molecule has 4 aromatic carbocycles. The third-order valence-electron chi connectivity index (χ3n) is 8.36. The molecule has 0 amide bonds. The molecule has 202 valence electrons. The number of hydrogen-bond acceptors (Lipinski definition) is 5. The number of fused-ring (bicyclic) bond motifs is 7. The van der Waals surface area contributed by atoms with Crippen LogP contribution in [0.25, 0.3) is 70.4 Å². The second kappa shape index (κ2) is 9.58. The molecule has 8 aromatic rings. The molecule has 0 saturated carbocycles. The van der Waals surface area contributed by atoms with E-state index >= 15 is 0 Å². The number of benzene rings is 4. The van der Waals surface area contributed by atoms with Gasteiger partial charge in [-0.1, -0.05) is 66.7 Å². The van der Waals surface area contributed by atoms with Crippen LogP contribution in [0.5, 0.6) is 0 Å². The quantitative estimate of drug-likeness (QED) is 0.199. The first-order chi connectivity index (χ1) is 21.3. The van der Waals surface area contributed by atoms with Gasteiger partial charge in [0.05, 0.1) is 33.0 Å². The summed E-state index contributed by atoms with van der Waals surface area (Å²) in [5.41, 5.74) is 8.74. The lowest BCUT2D eigenvalue weighted by Gasteiger charge is -2.30. The Balaban J connectivity index is 1.25. The molecule has 0 unspecified atom stereocenters. The lowest BCUT2D eigenvalue weighted by atomic mass is 9.97. The van der Waals surface area contributed by atoms with Crippen LogP contribution in [0.15, 0.2) is 128 Å². The highest BCUT2D eigenvalue weighted by Gasteiger charge is 2.22. The van der Waals surface area contributed by atoms with Gasteiger partial charge in [-0.3, -0.25) is 15.0 Å². The zero-order valence-electron chi connectivity index (χ0n) is 23.1. The van der Waals surface area contributed by atoms with E-state index in [9.17, 15) is 0 Å². The van der Waals surface area contributed by atoms with Gasteiger partial charge in [0.1, 0.15) is 0 Å². The van der Waals surface area contributed by atoms with Crippen molar-refractivity contribution in [3.8, 4) is 21.7 Å². The Labute approximate surface area is 252 Å². The minimum absolute atomic E-state index is 0.761. The summed E-state index contributed by atoms with van der Waals surface area (Å²) in [6.45, 7) is 0.761. The van der Waals surface area contributed by atoms with Crippen LogP contribution in [-0.2, 0) is 0 Å². The normalized spacial score (nSPS) is 12.9. The van der Waals surface area contributed by atoms with E-state index < -0.39 is 0 Å². The standard InChI is InChI=1S/C38H24N4S/c1-2-10-30-27(7-1)21-33(42-18-6-9-25-13-12-24-8-5-17-40-36(24)38(25)42)31-20-29(23-41-37(30)31)26-14-15-34-28(19-26)22-35(43-34)32-11-3-4-16-39-32/h1-17,19-23H,18H2. The molecule has 0 N–H and O–H groups in total. The lowest BCUT2D eigenvalue weighted by molar-refractivity contribution is 1.09. The number of pyridine rings is 3. The van der Waals surface area contributed by atoms with Crippen LogP contribution in [-0.4, -0.2) is 21.5 Å². The van der Waals surface area contributed by atoms with Crippen molar-refractivity contribution < 1.29 is 0 Å². The number of anilines is 2. The Kier molecular flexibility index (Phi) is 5.40. The molecule has 0 aliphatic carbocycles. The fourth-order valence-electron chi connectivity index (χ4n) is 6.34.